The molecular formula is C60H40N2. The number of hydrogen-bond donors (Lipinski definition) is 0. The van der Waals surface area contributed by atoms with E-state index in [1.165, 1.54) is 105 Å². The minimum atomic E-state index is 1.14. The van der Waals surface area contributed by atoms with Crippen molar-refractivity contribution in [2.24, 2.45) is 0 Å². The van der Waals surface area contributed by atoms with Crippen LogP contribution in [0.5, 0.6) is 0 Å². The van der Waals surface area contributed by atoms with Crippen LogP contribution in [0.15, 0.2) is 243 Å². The molecule has 0 saturated carbocycles. The number of benzene rings is 10. The van der Waals surface area contributed by atoms with Crippen LogP contribution < -0.4 is 0 Å². The van der Waals surface area contributed by atoms with Gasteiger partial charge in [0.05, 0.1) is 22.1 Å². The Morgan fingerprint density at radius 1 is 0.194 bits per heavy atom. The Morgan fingerprint density at radius 2 is 0.565 bits per heavy atom. The molecule has 0 bridgehead atoms. The Hall–Kier alpha value is -8.20. The van der Waals surface area contributed by atoms with Crippen molar-refractivity contribution in [2.75, 3.05) is 0 Å². The van der Waals surface area contributed by atoms with E-state index in [9.17, 15) is 0 Å². The van der Waals surface area contributed by atoms with E-state index in [-0.39, 0.29) is 0 Å². The highest BCUT2D eigenvalue weighted by molar-refractivity contribution is 6.12. The second kappa shape index (κ2) is 14.8. The molecule has 0 aliphatic rings. The monoisotopic (exact) mass is 788 g/mol. The maximum Gasteiger partial charge on any atom is 0.0541 e. The van der Waals surface area contributed by atoms with Gasteiger partial charge in [-0.25, -0.2) is 0 Å². The second-order valence-corrected chi connectivity index (χ2v) is 16.1. The number of hydrogen-bond acceptors (Lipinski definition) is 0. The summed E-state index contributed by atoms with van der Waals surface area (Å²) >= 11 is 0. The Kier molecular flexibility index (Phi) is 8.53. The molecule has 0 unspecified atom stereocenters. The Balaban J connectivity index is 1.01. The van der Waals surface area contributed by atoms with Gasteiger partial charge in [-0.1, -0.05) is 176 Å². The van der Waals surface area contributed by atoms with Crippen molar-refractivity contribution < 1.29 is 0 Å². The molecule has 0 saturated heterocycles. The Bertz CT molecular complexity index is 3550. The first-order valence-electron chi connectivity index (χ1n) is 21.3. The van der Waals surface area contributed by atoms with Crippen LogP contribution in [0.25, 0.3) is 111 Å². The minimum absolute atomic E-state index is 1.14. The average Bonchev–Trinajstić information content (AvgIpc) is 3.87. The first-order chi connectivity index (χ1) is 30.8. The molecule has 2 heteroatoms. The lowest BCUT2D eigenvalue weighted by Crippen LogP contribution is -1.96. The highest BCUT2D eigenvalue weighted by Crippen LogP contribution is 2.43. The first-order valence-corrected chi connectivity index (χ1v) is 21.3. The van der Waals surface area contributed by atoms with Gasteiger partial charge < -0.3 is 9.13 Å². The third-order valence-corrected chi connectivity index (χ3v) is 12.5. The summed E-state index contributed by atoms with van der Waals surface area (Å²) in [5.74, 6) is 0. The van der Waals surface area contributed by atoms with Gasteiger partial charge in [-0.3, -0.25) is 0 Å². The van der Waals surface area contributed by atoms with Crippen LogP contribution in [-0.4, -0.2) is 9.13 Å². The predicted octanol–water partition coefficient (Wildman–Crippen LogP) is 16.2. The van der Waals surface area contributed by atoms with Crippen molar-refractivity contribution in [3.8, 4) is 67.0 Å². The number of fused-ring (bicyclic) bond motifs is 6. The molecule has 0 aliphatic carbocycles. The lowest BCUT2D eigenvalue weighted by atomic mass is 9.89. The van der Waals surface area contributed by atoms with Crippen molar-refractivity contribution in [1.29, 1.82) is 0 Å². The number of para-hydroxylation sites is 3. The highest BCUT2D eigenvalue weighted by Gasteiger charge is 2.19. The summed E-state index contributed by atoms with van der Waals surface area (Å²) in [4.78, 5) is 0. The zero-order chi connectivity index (χ0) is 41.0. The zero-order valence-corrected chi connectivity index (χ0v) is 34.0. The van der Waals surface area contributed by atoms with E-state index in [0.717, 1.165) is 5.69 Å². The van der Waals surface area contributed by atoms with Crippen molar-refractivity contribution in [2.45, 2.75) is 0 Å². The van der Waals surface area contributed by atoms with Crippen LogP contribution in [0.3, 0.4) is 0 Å². The Labute approximate surface area is 360 Å². The first kappa shape index (κ1) is 35.7. The molecule has 10 aromatic carbocycles. The largest absolute Gasteiger partial charge is 0.309 e. The zero-order valence-electron chi connectivity index (χ0n) is 34.0. The quantitative estimate of drug-likeness (QED) is 0.152. The summed E-state index contributed by atoms with van der Waals surface area (Å²) in [6.07, 6.45) is 0. The molecule has 2 aromatic heterocycles. The average molecular weight is 789 g/mol. The second-order valence-electron chi connectivity index (χ2n) is 16.1. The van der Waals surface area contributed by atoms with Gasteiger partial charge in [0, 0.05) is 32.9 Å². The van der Waals surface area contributed by atoms with Crippen LogP contribution >= 0.6 is 0 Å². The summed E-state index contributed by atoms with van der Waals surface area (Å²) in [5.41, 5.74) is 19.1. The van der Waals surface area contributed by atoms with Gasteiger partial charge in [-0.15, -0.1) is 0 Å². The van der Waals surface area contributed by atoms with Crippen LogP contribution in [0.4, 0.5) is 0 Å². The van der Waals surface area contributed by atoms with Crippen LogP contribution in [0.1, 0.15) is 0 Å². The highest BCUT2D eigenvalue weighted by atomic mass is 15.0. The van der Waals surface area contributed by atoms with E-state index in [1.807, 2.05) is 0 Å². The molecule has 0 fully saturated rings. The summed E-state index contributed by atoms with van der Waals surface area (Å²) in [5, 5.41) is 4.96. The molecule has 0 atom stereocenters. The van der Waals surface area contributed by atoms with E-state index in [4.69, 9.17) is 0 Å². The lowest BCUT2D eigenvalue weighted by Gasteiger charge is -2.16. The maximum absolute atomic E-state index is 2.44. The third-order valence-electron chi connectivity index (χ3n) is 12.5. The molecular weight excluding hydrogens is 749 g/mol. The molecule has 290 valence electrons. The molecule has 2 heterocycles. The third kappa shape index (κ3) is 5.96. The Morgan fingerprint density at radius 3 is 1.05 bits per heavy atom. The van der Waals surface area contributed by atoms with Crippen molar-refractivity contribution in [3.05, 3.63) is 243 Å². The van der Waals surface area contributed by atoms with Gasteiger partial charge >= 0.3 is 0 Å². The van der Waals surface area contributed by atoms with Crippen LogP contribution in [0, 0.1) is 0 Å². The van der Waals surface area contributed by atoms with E-state index >= 15 is 0 Å². The topological polar surface area (TPSA) is 9.86 Å². The fourth-order valence-electron chi connectivity index (χ4n) is 9.69. The fourth-order valence-corrected chi connectivity index (χ4v) is 9.69. The van der Waals surface area contributed by atoms with Gasteiger partial charge in [0.15, 0.2) is 0 Å². The van der Waals surface area contributed by atoms with E-state index in [2.05, 4.69) is 252 Å². The normalized spacial score (nSPS) is 11.5. The number of aromatic nitrogens is 2. The van der Waals surface area contributed by atoms with Gasteiger partial charge in [0.2, 0.25) is 0 Å². The summed E-state index contributed by atoms with van der Waals surface area (Å²) in [6, 6.07) is 88.4. The smallest absolute Gasteiger partial charge is 0.0541 e. The van der Waals surface area contributed by atoms with Crippen LogP contribution in [0.2, 0.25) is 0 Å². The fraction of sp³-hybridized carbons (Fsp3) is 0. The molecule has 12 rings (SSSR count). The molecule has 0 amide bonds. The van der Waals surface area contributed by atoms with Gasteiger partial charge in [0.1, 0.15) is 0 Å². The van der Waals surface area contributed by atoms with Gasteiger partial charge in [0.25, 0.3) is 0 Å². The standard InChI is InChI=1S/C60H40N2/c1-4-18-41(19-5-1)45-36-46(42-20-6-2-7-21-42)38-48(37-45)62-58-31-17-15-29-54(58)56-40-44(33-35-60(56)62)50-25-11-13-27-52(50)51-26-12-10-24-49(51)43-32-34-59-55(39-43)53-28-14-16-30-57(53)61(59)47-22-8-3-9-23-47/h1-40H. The lowest BCUT2D eigenvalue weighted by molar-refractivity contribution is 1.18. The van der Waals surface area contributed by atoms with E-state index in [1.54, 1.807) is 0 Å². The molecule has 0 spiro atoms. The van der Waals surface area contributed by atoms with Gasteiger partial charge in [-0.2, -0.15) is 0 Å². The van der Waals surface area contributed by atoms with Crippen molar-refractivity contribution in [3.63, 3.8) is 0 Å². The SMILES string of the molecule is c1ccc(-c2cc(-c3ccccc3)cc(-n3c4ccccc4c4cc(-c5ccccc5-c5ccccc5-c5ccc6c(c5)c5ccccc5n6-c5ccccc5)ccc43)c2)cc1. The minimum Gasteiger partial charge on any atom is -0.309 e. The summed E-state index contributed by atoms with van der Waals surface area (Å²) in [7, 11) is 0. The summed E-state index contributed by atoms with van der Waals surface area (Å²) in [6.45, 7) is 0. The van der Waals surface area contributed by atoms with Gasteiger partial charge in [-0.05, 0) is 122 Å². The molecule has 62 heavy (non-hydrogen) atoms. The number of rotatable bonds is 7. The summed E-state index contributed by atoms with van der Waals surface area (Å²) < 4.78 is 4.82. The molecule has 12 aromatic rings. The van der Waals surface area contributed by atoms with E-state index in [0.29, 0.717) is 0 Å². The van der Waals surface area contributed by atoms with Crippen molar-refractivity contribution in [1.82, 2.24) is 9.13 Å². The van der Waals surface area contributed by atoms with Crippen molar-refractivity contribution >= 4 is 43.6 Å². The maximum atomic E-state index is 2.44. The molecule has 0 N–H and O–H groups in total. The predicted molar refractivity (Wildman–Crippen MR) is 262 cm³/mol. The number of nitrogens with zero attached hydrogens (tertiary/aromatic N) is 2. The molecule has 0 aliphatic heterocycles. The molecule has 2 nitrogen and oxygen atoms in total. The van der Waals surface area contributed by atoms with E-state index < -0.39 is 0 Å². The van der Waals surface area contributed by atoms with Crippen LogP contribution in [-0.2, 0) is 0 Å². The molecule has 0 radical (unpaired) electrons.